The van der Waals surface area contributed by atoms with Crippen LogP contribution in [-0.2, 0) is 23.5 Å². The summed E-state index contributed by atoms with van der Waals surface area (Å²) in [6.07, 6.45) is 5.33. The van der Waals surface area contributed by atoms with Gasteiger partial charge in [0.1, 0.15) is 11.6 Å². The Bertz CT molecular complexity index is 595. The molecule has 2 rings (SSSR count). The fourth-order valence-corrected chi connectivity index (χ4v) is 2.54. The van der Waals surface area contributed by atoms with Gasteiger partial charge in [-0.25, -0.2) is 23.1 Å². The van der Waals surface area contributed by atoms with Gasteiger partial charge in [-0.15, -0.1) is 0 Å². The second-order valence-corrected chi connectivity index (χ2v) is 5.63. The van der Waals surface area contributed by atoms with Gasteiger partial charge in [0.25, 0.3) is 10.0 Å². The lowest BCUT2D eigenvalue weighted by atomic mass is 10.4. The molecule has 0 aliphatic rings. The summed E-state index contributed by atoms with van der Waals surface area (Å²) in [6, 6.07) is 0. The normalized spacial score (nSPS) is 11.9. The maximum Gasteiger partial charge on any atom is 0.259 e. The number of imidazole rings is 2. The van der Waals surface area contributed by atoms with Crippen molar-refractivity contribution in [2.45, 2.75) is 18.4 Å². The highest BCUT2D eigenvalue weighted by molar-refractivity contribution is 7.89. The summed E-state index contributed by atoms with van der Waals surface area (Å²) in [6.45, 7) is 2.04. The Morgan fingerprint density at radius 3 is 2.83 bits per heavy atom. The lowest BCUT2D eigenvalue weighted by Crippen LogP contribution is -2.26. The Labute approximate surface area is 105 Å². The molecule has 0 atom stereocenters. The van der Waals surface area contributed by atoms with Crippen molar-refractivity contribution in [1.82, 2.24) is 24.2 Å². The van der Waals surface area contributed by atoms with E-state index in [0.29, 0.717) is 12.2 Å². The number of aromatic nitrogens is 4. The Hall–Kier alpha value is -1.67. The highest BCUT2D eigenvalue weighted by Gasteiger charge is 2.17. The van der Waals surface area contributed by atoms with Crippen LogP contribution in [0.15, 0.2) is 23.6 Å². The smallest absolute Gasteiger partial charge is 0.259 e. The number of hydrogen-bond acceptors (Lipinski definition) is 4. The first-order chi connectivity index (χ1) is 8.49. The van der Waals surface area contributed by atoms with Crippen LogP contribution in [0.25, 0.3) is 0 Å². The van der Waals surface area contributed by atoms with Crippen LogP contribution in [0.3, 0.4) is 0 Å². The summed E-state index contributed by atoms with van der Waals surface area (Å²) in [7, 11) is -1.78. The summed E-state index contributed by atoms with van der Waals surface area (Å²) in [5, 5.41) is 0.0435. The molecule has 8 heteroatoms. The molecule has 0 radical (unpaired) electrons. The Morgan fingerprint density at radius 1 is 1.50 bits per heavy atom. The molecule has 0 saturated heterocycles. The SMILES string of the molecule is Cc1nc(S(=O)(=O)NCCc2ncc[nH]2)cn1C. The maximum absolute atomic E-state index is 11.9. The highest BCUT2D eigenvalue weighted by atomic mass is 32.2. The van der Waals surface area contributed by atoms with Gasteiger partial charge in [-0.3, -0.25) is 0 Å². The number of nitrogens with one attached hydrogen (secondary N) is 2. The molecule has 2 heterocycles. The van der Waals surface area contributed by atoms with Crippen molar-refractivity contribution in [3.63, 3.8) is 0 Å². The van der Waals surface area contributed by atoms with Crippen LogP contribution in [0.5, 0.6) is 0 Å². The van der Waals surface area contributed by atoms with Crippen LogP contribution in [0.4, 0.5) is 0 Å². The number of aryl methyl sites for hydroxylation is 2. The average molecular weight is 269 g/mol. The second-order valence-electron chi connectivity index (χ2n) is 3.92. The zero-order valence-electron chi connectivity index (χ0n) is 10.2. The third-order valence-corrected chi connectivity index (χ3v) is 3.90. The molecular formula is C10H15N5O2S. The molecule has 18 heavy (non-hydrogen) atoms. The number of H-pyrrole nitrogens is 1. The molecule has 0 aliphatic heterocycles. The van der Waals surface area contributed by atoms with E-state index < -0.39 is 10.0 Å². The molecule has 2 N–H and O–H groups in total. The molecular weight excluding hydrogens is 254 g/mol. The topological polar surface area (TPSA) is 92.7 Å². The van der Waals surface area contributed by atoms with Crippen molar-refractivity contribution < 1.29 is 8.42 Å². The van der Waals surface area contributed by atoms with E-state index in [9.17, 15) is 8.42 Å². The summed E-state index contributed by atoms with van der Waals surface area (Å²) >= 11 is 0. The van der Waals surface area contributed by atoms with Crippen LogP contribution < -0.4 is 4.72 Å². The fraction of sp³-hybridized carbons (Fsp3) is 0.400. The molecule has 2 aromatic heterocycles. The van der Waals surface area contributed by atoms with Gasteiger partial charge in [-0.05, 0) is 6.92 Å². The molecule has 0 unspecified atom stereocenters. The van der Waals surface area contributed by atoms with Gasteiger partial charge in [0.15, 0.2) is 5.03 Å². The Balaban J connectivity index is 1.99. The van der Waals surface area contributed by atoms with E-state index in [4.69, 9.17) is 0 Å². The molecule has 0 fully saturated rings. The molecule has 0 amide bonds. The molecule has 2 aromatic rings. The largest absolute Gasteiger partial charge is 0.349 e. The number of sulfonamides is 1. The number of rotatable bonds is 5. The van der Waals surface area contributed by atoms with E-state index in [1.54, 1.807) is 30.9 Å². The third kappa shape index (κ3) is 2.77. The van der Waals surface area contributed by atoms with Crippen LogP contribution in [0.1, 0.15) is 11.6 Å². The molecule has 98 valence electrons. The van der Waals surface area contributed by atoms with Crippen LogP contribution >= 0.6 is 0 Å². The monoisotopic (exact) mass is 269 g/mol. The fourth-order valence-electron chi connectivity index (χ4n) is 1.47. The third-order valence-electron chi connectivity index (χ3n) is 2.57. The van der Waals surface area contributed by atoms with Crippen molar-refractivity contribution in [2.75, 3.05) is 6.54 Å². The number of hydrogen-bond donors (Lipinski definition) is 2. The molecule has 0 saturated carbocycles. The molecule has 0 aromatic carbocycles. The van der Waals surface area contributed by atoms with Crippen LogP contribution in [-0.4, -0.2) is 34.5 Å². The number of aromatic amines is 1. The highest BCUT2D eigenvalue weighted by Crippen LogP contribution is 2.07. The first kappa shape index (κ1) is 12.8. The minimum absolute atomic E-state index is 0.0435. The summed E-state index contributed by atoms with van der Waals surface area (Å²) in [5.74, 6) is 1.40. The standard InChI is InChI=1S/C10H15N5O2S/c1-8-14-10(7-15(8)2)18(16,17)13-4-3-9-11-5-6-12-9/h5-7,13H,3-4H2,1-2H3,(H,11,12). The first-order valence-corrected chi connectivity index (χ1v) is 6.95. The first-order valence-electron chi connectivity index (χ1n) is 5.47. The van der Waals surface area contributed by atoms with Crippen molar-refractivity contribution in [1.29, 1.82) is 0 Å². The second kappa shape index (κ2) is 4.91. The zero-order chi connectivity index (χ0) is 13.2. The summed E-state index contributed by atoms with van der Waals surface area (Å²) in [5.41, 5.74) is 0. The molecule has 7 nitrogen and oxygen atoms in total. The summed E-state index contributed by atoms with van der Waals surface area (Å²) in [4.78, 5) is 10.9. The lowest BCUT2D eigenvalue weighted by Gasteiger charge is -2.02. The quantitative estimate of drug-likeness (QED) is 0.797. The lowest BCUT2D eigenvalue weighted by molar-refractivity contribution is 0.577. The zero-order valence-corrected chi connectivity index (χ0v) is 11.0. The average Bonchev–Trinajstić information content (AvgIpc) is 2.90. The predicted molar refractivity (Wildman–Crippen MR) is 65.4 cm³/mol. The van der Waals surface area contributed by atoms with Crippen molar-refractivity contribution in [3.8, 4) is 0 Å². The van der Waals surface area contributed by atoms with E-state index in [2.05, 4.69) is 19.7 Å². The van der Waals surface area contributed by atoms with Gasteiger partial charge in [-0.2, -0.15) is 0 Å². The van der Waals surface area contributed by atoms with Gasteiger partial charge >= 0.3 is 0 Å². The Kier molecular flexibility index (Phi) is 3.48. The van der Waals surface area contributed by atoms with Gasteiger partial charge in [0.2, 0.25) is 0 Å². The van der Waals surface area contributed by atoms with Crippen LogP contribution in [0.2, 0.25) is 0 Å². The van der Waals surface area contributed by atoms with E-state index in [0.717, 1.165) is 5.82 Å². The van der Waals surface area contributed by atoms with Gasteiger partial charge in [-0.1, -0.05) is 0 Å². The van der Waals surface area contributed by atoms with Crippen molar-refractivity contribution in [3.05, 3.63) is 30.2 Å². The van der Waals surface area contributed by atoms with E-state index in [1.165, 1.54) is 6.20 Å². The van der Waals surface area contributed by atoms with Crippen LogP contribution in [0, 0.1) is 6.92 Å². The van der Waals surface area contributed by atoms with Gasteiger partial charge < -0.3 is 9.55 Å². The predicted octanol–water partition coefficient (Wildman–Crippen LogP) is -0.0274. The number of nitrogens with zero attached hydrogens (tertiary/aromatic N) is 3. The minimum atomic E-state index is -3.54. The van der Waals surface area contributed by atoms with Gasteiger partial charge in [0.05, 0.1) is 0 Å². The van der Waals surface area contributed by atoms with E-state index in [-0.39, 0.29) is 11.6 Å². The molecule has 0 spiro atoms. The maximum atomic E-state index is 11.9. The van der Waals surface area contributed by atoms with Gasteiger partial charge in [0, 0.05) is 38.6 Å². The summed E-state index contributed by atoms with van der Waals surface area (Å²) < 4.78 is 28.0. The van der Waals surface area contributed by atoms with E-state index >= 15 is 0 Å². The van der Waals surface area contributed by atoms with Crippen molar-refractivity contribution >= 4 is 10.0 Å². The minimum Gasteiger partial charge on any atom is -0.349 e. The van der Waals surface area contributed by atoms with E-state index in [1.807, 2.05) is 0 Å². The molecule has 0 aliphatic carbocycles. The molecule has 0 bridgehead atoms. The Morgan fingerprint density at radius 2 is 2.28 bits per heavy atom. The van der Waals surface area contributed by atoms with Crippen molar-refractivity contribution in [2.24, 2.45) is 7.05 Å².